The highest BCUT2D eigenvalue weighted by Gasteiger charge is 2.18. The number of carbonyl (C=O) groups is 1. The van der Waals surface area contributed by atoms with Crippen LogP contribution in [0.3, 0.4) is 0 Å². The topological polar surface area (TPSA) is 91.6 Å². The number of hydrogen-bond donors (Lipinski definition) is 1. The molecule has 2 aromatic carbocycles. The van der Waals surface area contributed by atoms with Crippen LogP contribution in [0.15, 0.2) is 69.6 Å². The number of fused-ring (bicyclic) bond motifs is 2. The Balaban J connectivity index is 1.51. The van der Waals surface area contributed by atoms with Crippen molar-refractivity contribution in [2.24, 2.45) is 0 Å². The second-order valence-corrected chi connectivity index (χ2v) is 7.91. The van der Waals surface area contributed by atoms with E-state index in [4.69, 9.17) is 9.47 Å². The van der Waals surface area contributed by atoms with Crippen LogP contribution in [0, 0.1) is 0 Å². The van der Waals surface area contributed by atoms with Crippen molar-refractivity contribution in [1.82, 2.24) is 9.13 Å². The van der Waals surface area contributed by atoms with Crippen molar-refractivity contribution in [1.29, 1.82) is 0 Å². The Morgan fingerprint density at radius 2 is 1.81 bits per heavy atom. The lowest BCUT2D eigenvalue weighted by Crippen LogP contribution is -2.41. The van der Waals surface area contributed by atoms with Crippen LogP contribution in [0.5, 0.6) is 11.5 Å². The number of thiophene rings is 1. The van der Waals surface area contributed by atoms with Crippen LogP contribution in [0.25, 0.3) is 10.2 Å². The zero-order valence-electron chi connectivity index (χ0n) is 16.2. The minimum atomic E-state index is -0.545. The van der Waals surface area contributed by atoms with Crippen LogP contribution in [-0.2, 0) is 17.9 Å². The first-order valence-corrected chi connectivity index (χ1v) is 10.4. The summed E-state index contributed by atoms with van der Waals surface area (Å²) in [5, 5.41) is 4.51. The Morgan fingerprint density at radius 3 is 2.65 bits per heavy atom. The van der Waals surface area contributed by atoms with Crippen LogP contribution in [0.2, 0.25) is 0 Å². The molecule has 0 aliphatic carbocycles. The largest absolute Gasteiger partial charge is 0.454 e. The van der Waals surface area contributed by atoms with E-state index in [9.17, 15) is 14.4 Å². The van der Waals surface area contributed by atoms with Gasteiger partial charge in [-0.05, 0) is 41.3 Å². The number of ether oxygens (including phenoxy) is 2. The molecule has 0 saturated carbocycles. The van der Waals surface area contributed by atoms with Gasteiger partial charge in [0.15, 0.2) is 11.5 Å². The number of hydrogen-bond acceptors (Lipinski definition) is 6. The Morgan fingerprint density at radius 1 is 1.00 bits per heavy atom. The number of rotatable bonds is 5. The molecule has 9 heteroatoms. The third kappa shape index (κ3) is 3.59. The minimum Gasteiger partial charge on any atom is -0.454 e. The molecule has 0 saturated heterocycles. The molecule has 4 aromatic rings. The van der Waals surface area contributed by atoms with Gasteiger partial charge in [0.25, 0.3) is 5.56 Å². The van der Waals surface area contributed by atoms with Crippen molar-refractivity contribution in [3.63, 3.8) is 0 Å². The van der Waals surface area contributed by atoms with E-state index < -0.39 is 5.69 Å². The molecule has 1 amide bonds. The summed E-state index contributed by atoms with van der Waals surface area (Å²) in [5.74, 6) is 0.846. The Bertz CT molecular complexity index is 1400. The van der Waals surface area contributed by atoms with E-state index in [-0.39, 0.29) is 31.3 Å². The van der Waals surface area contributed by atoms with Gasteiger partial charge in [0.2, 0.25) is 12.7 Å². The van der Waals surface area contributed by atoms with Crippen LogP contribution in [0.1, 0.15) is 5.56 Å². The fourth-order valence-electron chi connectivity index (χ4n) is 3.51. The maximum Gasteiger partial charge on any atom is 0.332 e. The van der Waals surface area contributed by atoms with Gasteiger partial charge in [0, 0.05) is 5.69 Å². The van der Waals surface area contributed by atoms with E-state index in [1.807, 2.05) is 18.2 Å². The smallest absolute Gasteiger partial charge is 0.332 e. The van der Waals surface area contributed by atoms with Crippen molar-refractivity contribution in [3.8, 4) is 11.5 Å². The van der Waals surface area contributed by atoms with Crippen LogP contribution < -0.4 is 26.0 Å². The van der Waals surface area contributed by atoms with Gasteiger partial charge in [-0.3, -0.25) is 18.7 Å². The average molecular weight is 435 g/mol. The Kier molecular flexibility index (Phi) is 4.79. The first-order valence-electron chi connectivity index (χ1n) is 9.54. The third-order valence-corrected chi connectivity index (χ3v) is 5.87. The first kappa shape index (κ1) is 19.1. The highest BCUT2D eigenvalue weighted by molar-refractivity contribution is 7.17. The fraction of sp³-hybridized carbons (Fsp3) is 0.136. The molecule has 1 N–H and O–H groups in total. The number of nitrogens with one attached hydrogen (secondary N) is 1. The number of benzene rings is 2. The lowest BCUT2D eigenvalue weighted by Gasteiger charge is -2.13. The second-order valence-electron chi connectivity index (χ2n) is 7.00. The number of para-hydroxylation sites is 1. The first-order chi connectivity index (χ1) is 15.1. The average Bonchev–Trinajstić information content (AvgIpc) is 3.44. The van der Waals surface area contributed by atoms with Gasteiger partial charge in [0.05, 0.1) is 12.1 Å². The molecule has 0 unspecified atom stereocenters. The van der Waals surface area contributed by atoms with E-state index in [1.165, 1.54) is 15.9 Å². The number of aromatic nitrogens is 2. The van der Waals surface area contributed by atoms with Gasteiger partial charge in [-0.15, -0.1) is 11.3 Å². The van der Waals surface area contributed by atoms with Crippen molar-refractivity contribution in [2.75, 3.05) is 12.1 Å². The highest BCUT2D eigenvalue weighted by atomic mass is 32.1. The summed E-state index contributed by atoms with van der Waals surface area (Å²) in [6.07, 6.45) is 0. The van der Waals surface area contributed by atoms with Crippen molar-refractivity contribution >= 4 is 33.1 Å². The van der Waals surface area contributed by atoms with E-state index in [1.54, 1.807) is 41.8 Å². The number of carbonyl (C=O) groups excluding carboxylic acids is 1. The maximum atomic E-state index is 13.2. The summed E-state index contributed by atoms with van der Waals surface area (Å²) in [5.41, 5.74) is 0.879. The van der Waals surface area contributed by atoms with Gasteiger partial charge >= 0.3 is 5.69 Å². The number of nitrogens with zero attached hydrogens (tertiary/aromatic N) is 2. The summed E-state index contributed by atoms with van der Waals surface area (Å²) in [6, 6.07) is 16.0. The van der Waals surface area contributed by atoms with E-state index in [0.29, 0.717) is 27.4 Å². The molecule has 5 rings (SSSR count). The minimum absolute atomic E-state index is 0.0580. The van der Waals surface area contributed by atoms with Crippen LogP contribution in [-0.4, -0.2) is 21.8 Å². The second kappa shape index (κ2) is 7.77. The molecular formula is C22H17N3O5S. The molecule has 3 heterocycles. The fourth-order valence-corrected chi connectivity index (χ4v) is 4.36. The van der Waals surface area contributed by atoms with Crippen LogP contribution in [0.4, 0.5) is 5.69 Å². The monoisotopic (exact) mass is 435 g/mol. The quantitative estimate of drug-likeness (QED) is 0.520. The molecule has 0 bridgehead atoms. The molecule has 0 fully saturated rings. The summed E-state index contributed by atoms with van der Waals surface area (Å²) >= 11 is 1.24. The lowest BCUT2D eigenvalue weighted by atomic mass is 10.2. The maximum absolute atomic E-state index is 13.2. The normalized spacial score (nSPS) is 12.3. The third-order valence-electron chi connectivity index (χ3n) is 4.97. The highest BCUT2D eigenvalue weighted by Crippen LogP contribution is 2.32. The summed E-state index contributed by atoms with van der Waals surface area (Å²) in [4.78, 5) is 38.8. The zero-order chi connectivity index (χ0) is 21.4. The Labute approximate surface area is 179 Å². The molecule has 0 spiro atoms. The molecule has 2 aromatic heterocycles. The van der Waals surface area contributed by atoms with Crippen molar-refractivity contribution in [3.05, 3.63) is 86.4 Å². The molecule has 156 valence electrons. The lowest BCUT2D eigenvalue weighted by molar-refractivity contribution is -0.116. The van der Waals surface area contributed by atoms with Gasteiger partial charge in [0.1, 0.15) is 11.2 Å². The molecule has 0 radical (unpaired) electrons. The van der Waals surface area contributed by atoms with E-state index in [0.717, 1.165) is 10.1 Å². The van der Waals surface area contributed by atoms with Gasteiger partial charge in [-0.2, -0.15) is 0 Å². The van der Waals surface area contributed by atoms with Gasteiger partial charge in [-0.25, -0.2) is 4.79 Å². The van der Waals surface area contributed by atoms with Gasteiger partial charge in [-0.1, -0.05) is 24.3 Å². The SMILES string of the molecule is O=C(Cn1c(=O)n(Cc2ccc3c(c2)OCO3)c(=O)c2sccc21)Nc1ccccc1. The molecular weight excluding hydrogens is 418 g/mol. The van der Waals surface area contributed by atoms with Crippen molar-refractivity contribution < 1.29 is 14.3 Å². The number of anilines is 1. The zero-order valence-corrected chi connectivity index (χ0v) is 17.1. The van der Waals surface area contributed by atoms with Crippen molar-refractivity contribution in [2.45, 2.75) is 13.1 Å². The predicted molar refractivity (Wildman–Crippen MR) is 117 cm³/mol. The standard InChI is InChI=1S/C22H17N3O5S/c26-19(23-15-4-2-1-3-5-15)12-24-16-8-9-31-20(16)21(27)25(22(24)28)11-14-6-7-17-18(10-14)30-13-29-17/h1-10H,11-13H2,(H,23,26). The Hall–Kier alpha value is -3.85. The molecule has 31 heavy (non-hydrogen) atoms. The molecule has 0 atom stereocenters. The summed E-state index contributed by atoms with van der Waals surface area (Å²) < 4.78 is 13.6. The predicted octanol–water partition coefficient (Wildman–Crippen LogP) is 2.64. The van der Waals surface area contributed by atoms with E-state index >= 15 is 0 Å². The van der Waals surface area contributed by atoms with Crippen LogP contribution >= 0.6 is 11.3 Å². The summed E-state index contributed by atoms with van der Waals surface area (Å²) in [6.45, 7) is -0.00590. The van der Waals surface area contributed by atoms with E-state index in [2.05, 4.69) is 5.32 Å². The molecule has 1 aliphatic rings. The number of amides is 1. The summed E-state index contributed by atoms with van der Waals surface area (Å²) in [7, 11) is 0. The molecule has 8 nitrogen and oxygen atoms in total. The van der Waals surface area contributed by atoms with Gasteiger partial charge < -0.3 is 14.8 Å². The molecule has 1 aliphatic heterocycles.